The van der Waals surface area contributed by atoms with Gasteiger partial charge in [-0.15, -0.1) is 0 Å². The molecule has 4 N–H and O–H groups in total. The van der Waals surface area contributed by atoms with E-state index < -0.39 is 47.1 Å². The van der Waals surface area contributed by atoms with Crippen LogP contribution in [0.15, 0.2) is 48.5 Å². The molecule has 3 unspecified atom stereocenters. The molecular weight excluding hydrogens is 466 g/mol. The van der Waals surface area contributed by atoms with Crippen LogP contribution in [0.5, 0.6) is 0 Å². The van der Waals surface area contributed by atoms with E-state index in [-0.39, 0.29) is 31.1 Å². The molecule has 34 heavy (non-hydrogen) atoms. The van der Waals surface area contributed by atoms with Gasteiger partial charge in [0, 0.05) is 0 Å². The third-order valence-electron chi connectivity index (χ3n) is 5.42. The summed E-state index contributed by atoms with van der Waals surface area (Å²) in [6, 6.07) is 8.89. The lowest BCUT2D eigenvalue weighted by molar-refractivity contribution is -0.144. The van der Waals surface area contributed by atoms with Gasteiger partial charge in [-0.1, -0.05) is 30.3 Å². The van der Waals surface area contributed by atoms with Gasteiger partial charge < -0.3 is 20.9 Å². The Labute approximate surface area is 193 Å². The number of halogens is 6. The van der Waals surface area contributed by atoms with Crippen molar-refractivity contribution < 1.29 is 40.6 Å². The molecule has 0 fully saturated rings. The SMILES string of the molecule is COC(=O)C(N)CCC(N)(COC(C)c1cc(C(F)(F)F)cc(C(F)(F)F)c1)c1ccccc1. The van der Waals surface area contributed by atoms with Gasteiger partial charge in [0.25, 0.3) is 0 Å². The number of esters is 1. The topological polar surface area (TPSA) is 87.6 Å². The molecule has 0 radical (unpaired) electrons. The van der Waals surface area contributed by atoms with E-state index >= 15 is 0 Å². The highest BCUT2D eigenvalue weighted by molar-refractivity contribution is 5.75. The highest BCUT2D eigenvalue weighted by Crippen LogP contribution is 2.38. The lowest BCUT2D eigenvalue weighted by atomic mass is 9.85. The van der Waals surface area contributed by atoms with Crippen LogP contribution in [0, 0.1) is 0 Å². The minimum Gasteiger partial charge on any atom is -0.468 e. The van der Waals surface area contributed by atoms with E-state index in [2.05, 4.69) is 4.74 Å². The molecule has 0 amide bonds. The van der Waals surface area contributed by atoms with Gasteiger partial charge in [0.2, 0.25) is 0 Å². The largest absolute Gasteiger partial charge is 0.468 e. The van der Waals surface area contributed by atoms with E-state index in [0.29, 0.717) is 17.7 Å². The molecule has 0 saturated heterocycles. The summed E-state index contributed by atoms with van der Waals surface area (Å²) in [6.07, 6.45) is -10.8. The van der Waals surface area contributed by atoms with Gasteiger partial charge in [-0.05, 0) is 49.1 Å². The molecule has 0 spiro atoms. The van der Waals surface area contributed by atoms with Crippen LogP contribution in [0.4, 0.5) is 26.3 Å². The normalized spacial score (nSPS) is 15.9. The van der Waals surface area contributed by atoms with E-state index in [4.69, 9.17) is 16.2 Å². The van der Waals surface area contributed by atoms with Crippen molar-refractivity contribution in [2.45, 2.75) is 49.8 Å². The van der Waals surface area contributed by atoms with Crippen molar-refractivity contribution in [2.24, 2.45) is 11.5 Å². The summed E-state index contributed by atoms with van der Waals surface area (Å²) >= 11 is 0. The number of methoxy groups -OCH3 is 1. The van der Waals surface area contributed by atoms with Crippen molar-refractivity contribution in [3.8, 4) is 0 Å². The van der Waals surface area contributed by atoms with Crippen LogP contribution in [0.1, 0.15) is 48.1 Å². The third kappa shape index (κ3) is 7.18. The zero-order chi connectivity index (χ0) is 25.7. The zero-order valence-electron chi connectivity index (χ0n) is 18.5. The van der Waals surface area contributed by atoms with Crippen LogP contribution >= 0.6 is 0 Å². The minimum atomic E-state index is -4.97. The van der Waals surface area contributed by atoms with Crippen LogP contribution in [0.25, 0.3) is 0 Å². The molecule has 2 aromatic rings. The number of hydrogen-bond donors (Lipinski definition) is 2. The van der Waals surface area contributed by atoms with E-state index in [1.165, 1.54) is 14.0 Å². The molecule has 0 aliphatic heterocycles. The molecule has 0 saturated carbocycles. The second-order valence-electron chi connectivity index (χ2n) is 7.98. The lowest BCUT2D eigenvalue weighted by Crippen LogP contribution is -2.44. The third-order valence-corrected chi connectivity index (χ3v) is 5.42. The first-order chi connectivity index (χ1) is 15.7. The van der Waals surface area contributed by atoms with Gasteiger partial charge in [0.15, 0.2) is 0 Å². The first-order valence-corrected chi connectivity index (χ1v) is 10.3. The summed E-state index contributed by atoms with van der Waals surface area (Å²) in [6.45, 7) is 1.07. The van der Waals surface area contributed by atoms with Gasteiger partial charge >= 0.3 is 18.3 Å². The fourth-order valence-electron chi connectivity index (χ4n) is 3.34. The lowest BCUT2D eigenvalue weighted by Gasteiger charge is -2.32. The first-order valence-electron chi connectivity index (χ1n) is 10.3. The summed E-state index contributed by atoms with van der Waals surface area (Å²) in [4.78, 5) is 11.6. The number of rotatable bonds is 9. The van der Waals surface area contributed by atoms with Crippen LogP contribution < -0.4 is 11.5 Å². The van der Waals surface area contributed by atoms with E-state index in [9.17, 15) is 31.1 Å². The standard InChI is InChI=1S/C23H26F6N2O3/c1-14(15-10-17(22(24,25)26)12-18(11-15)23(27,28)29)34-13-21(31,16-6-4-3-5-7-16)9-8-19(30)20(32)33-2/h3-7,10-12,14,19H,8-9,13,30-31H2,1-2H3. The molecule has 2 aromatic carbocycles. The van der Waals surface area contributed by atoms with Crippen molar-refractivity contribution in [2.75, 3.05) is 13.7 Å². The van der Waals surface area contributed by atoms with Gasteiger partial charge in [-0.2, -0.15) is 26.3 Å². The minimum absolute atomic E-state index is 0.0572. The highest BCUT2D eigenvalue weighted by atomic mass is 19.4. The summed E-state index contributed by atoms with van der Waals surface area (Å²) < 4.78 is 89.4. The Morgan fingerprint density at radius 2 is 1.47 bits per heavy atom. The summed E-state index contributed by atoms with van der Waals surface area (Å²) in [5, 5.41) is 0. The summed E-state index contributed by atoms with van der Waals surface area (Å²) in [5.41, 5.74) is 8.54. The monoisotopic (exact) mass is 492 g/mol. The first kappa shape index (κ1) is 27.6. The Kier molecular flexibility index (Phi) is 8.73. The molecule has 0 aliphatic rings. The molecular formula is C23H26F6N2O3. The molecule has 0 aliphatic carbocycles. The Morgan fingerprint density at radius 1 is 0.941 bits per heavy atom. The van der Waals surface area contributed by atoms with Crippen LogP contribution in [0.3, 0.4) is 0 Å². The van der Waals surface area contributed by atoms with E-state index in [1.54, 1.807) is 30.3 Å². The maximum Gasteiger partial charge on any atom is 0.416 e. The molecule has 188 valence electrons. The predicted octanol–water partition coefficient (Wildman–Crippen LogP) is 4.94. The number of nitrogens with two attached hydrogens (primary N) is 2. The van der Waals surface area contributed by atoms with Crippen molar-refractivity contribution in [3.63, 3.8) is 0 Å². The highest BCUT2D eigenvalue weighted by Gasteiger charge is 2.38. The number of alkyl halides is 6. The number of benzene rings is 2. The van der Waals surface area contributed by atoms with Crippen molar-refractivity contribution in [1.82, 2.24) is 0 Å². The van der Waals surface area contributed by atoms with Crippen LogP contribution in [0.2, 0.25) is 0 Å². The molecule has 5 nitrogen and oxygen atoms in total. The molecule has 3 atom stereocenters. The maximum atomic E-state index is 13.2. The quantitative estimate of drug-likeness (QED) is 0.383. The van der Waals surface area contributed by atoms with Gasteiger partial charge in [-0.25, -0.2) is 0 Å². The van der Waals surface area contributed by atoms with Crippen molar-refractivity contribution >= 4 is 5.97 Å². The van der Waals surface area contributed by atoms with E-state index in [0.717, 1.165) is 0 Å². The zero-order valence-corrected chi connectivity index (χ0v) is 18.5. The van der Waals surface area contributed by atoms with Crippen molar-refractivity contribution in [1.29, 1.82) is 0 Å². The predicted molar refractivity (Wildman–Crippen MR) is 112 cm³/mol. The number of hydrogen-bond acceptors (Lipinski definition) is 5. The number of carbonyl (C=O) groups is 1. The molecule has 11 heteroatoms. The Morgan fingerprint density at radius 3 is 1.94 bits per heavy atom. The van der Waals surface area contributed by atoms with Gasteiger partial charge in [0.05, 0.1) is 36.5 Å². The Balaban J connectivity index is 2.30. The fourth-order valence-corrected chi connectivity index (χ4v) is 3.34. The average molecular weight is 492 g/mol. The van der Waals surface area contributed by atoms with Crippen LogP contribution in [-0.2, 0) is 32.2 Å². The van der Waals surface area contributed by atoms with Crippen molar-refractivity contribution in [3.05, 3.63) is 70.8 Å². The van der Waals surface area contributed by atoms with Gasteiger partial charge in [0.1, 0.15) is 6.04 Å². The van der Waals surface area contributed by atoms with Gasteiger partial charge in [-0.3, -0.25) is 4.79 Å². The molecule has 2 rings (SSSR count). The average Bonchev–Trinajstić information content (AvgIpc) is 2.79. The number of carbonyl (C=O) groups excluding carboxylic acids is 1. The molecule has 0 aromatic heterocycles. The van der Waals surface area contributed by atoms with Crippen LogP contribution in [-0.4, -0.2) is 25.7 Å². The Bertz CT molecular complexity index is 933. The van der Waals surface area contributed by atoms with E-state index in [1.807, 2.05) is 0 Å². The maximum absolute atomic E-state index is 13.2. The number of ether oxygens (including phenoxy) is 2. The molecule has 0 heterocycles. The summed E-state index contributed by atoms with van der Waals surface area (Å²) in [5.74, 6) is -0.645. The molecule has 0 bridgehead atoms. The summed E-state index contributed by atoms with van der Waals surface area (Å²) in [7, 11) is 1.18. The second-order valence-corrected chi connectivity index (χ2v) is 7.98. The Hall–Kier alpha value is -2.63. The smallest absolute Gasteiger partial charge is 0.416 e. The fraction of sp³-hybridized carbons (Fsp3) is 0.435. The second kappa shape index (κ2) is 10.7.